The van der Waals surface area contributed by atoms with Crippen molar-refractivity contribution < 1.29 is 13.9 Å². The van der Waals surface area contributed by atoms with E-state index in [-0.39, 0.29) is 5.91 Å². The number of ether oxygens (including phenoxy) is 1. The highest BCUT2D eigenvalue weighted by Gasteiger charge is 2.38. The lowest BCUT2D eigenvalue weighted by Gasteiger charge is -2.33. The zero-order chi connectivity index (χ0) is 17.4. The monoisotopic (exact) mass is 342 g/mol. The molecule has 3 heterocycles. The molecular weight excluding hydrogens is 316 g/mol. The number of likely N-dealkylation sites (N-methyl/N-ethyl adjacent to an activating group) is 1. The third-order valence-corrected chi connectivity index (χ3v) is 5.85. The van der Waals surface area contributed by atoms with Crippen molar-refractivity contribution in [2.24, 2.45) is 0 Å². The summed E-state index contributed by atoms with van der Waals surface area (Å²) in [6.07, 6.45) is 6.82. The minimum atomic E-state index is 0.223. The molecule has 0 N–H and O–H groups in total. The van der Waals surface area contributed by atoms with E-state index in [1.807, 2.05) is 18.2 Å². The second kappa shape index (κ2) is 6.71. The van der Waals surface area contributed by atoms with E-state index < -0.39 is 0 Å². The van der Waals surface area contributed by atoms with Crippen molar-refractivity contribution in [3.8, 4) is 5.75 Å². The minimum absolute atomic E-state index is 0.223. The number of rotatable bonds is 4. The van der Waals surface area contributed by atoms with E-state index in [9.17, 15) is 4.79 Å². The van der Waals surface area contributed by atoms with Gasteiger partial charge < -0.3 is 19.0 Å². The van der Waals surface area contributed by atoms with E-state index >= 15 is 0 Å². The van der Waals surface area contributed by atoms with E-state index in [4.69, 9.17) is 9.15 Å². The third-order valence-electron chi connectivity index (χ3n) is 5.85. The Hall–Kier alpha value is -2.01. The van der Waals surface area contributed by atoms with Gasteiger partial charge in [-0.15, -0.1) is 0 Å². The number of nitrogens with zero attached hydrogens (tertiary/aromatic N) is 2. The molecule has 134 valence electrons. The van der Waals surface area contributed by atoms with Gasteiger partial charge in [-0.25, -0.2) is 0 Å². The molecule has 1 aromatic carbocycles. The van der Waals surface area contributed by atoms with Gasteiger partial charge in [0, 0.05) is 35.6 Å². The molecule has 1 amide bonds. The van der Waals surface area contributed by atoms with Gasteiger partial charge in [-0.1, -0.05) is 0 Å². The summed E-state index contributed by atoms with van der Waals surface area (Å²) < 4.78 is 10.9. The van der Waals surface area contributed by atoms with Crippen molar-refractivity contribution in [3.05, 3.63) is 30.0 Å². The molecule has 5 heteroatoms. The van der Waals surface area contributed by atoms with Gasteiger partial charge in [0.1, 0.15) is 11.3 Å². The number of likely N-dealkylation sites (tertiary alicyclic amines) is 2. The lowest BCUT2D eigenvalue weighted by Crippen LogP contribution is -2.47. The summed E-state index contributed by atoms with van der Waals surface area (Å²) in [4.78, 5) is 17.5. The van der Waals surface area contributed by atoms with Crippen molar-refractivity contribution in [3.63, 3.8) is 0 Å². The molecule has 0 saturated carbocycles. The van der Waals surface area contributed by atoms with E-state index in [2.05, 4.69) is 16.8 Å². The molecule has 0 bridgehead atoms. The SMILES string of the molecule is COc1ccc2c(CC(=O)N3CCC[C@@H]3[C@H]3CCCN3C)coc2c1. The number of fused-ring (bicyclic) bond motifs is 1. The summed E-state index contributed by atoms with van der Waals surface area (Å²) in [5, 5.41) is 1.00. The van der Waals surface area contributed by atoms with Crippen LogP contribution in [-0.4, -0.2) is 55.0 Å². The van der Waals surface area contributed by atoms with Crippen LogP contribution in [0.1, 0.15) is 31.2 Å². The number of hydrogen-bond acceptors (Lipinski definition) is 4. The van der Waals surface area contributed by atoms with Gasteiger partial charge in [-0.2, -0.15) is 0 Å². The Bertz CT molecular complexity index is 769. The maximum absolute atomic E-state index is 13.0. The van der Waals surface area contributed by atoms with E-state index in [1.54, 1.807) is 13.4 Å². The minimum Gasteiger partial charge on any atom is -0.497 e. The predicted octanol–water partition coefficient (Wildman–Crippen LogP) is 3.07. The Morgan fingerprint density at radius 1 is 1.24 bits per heavy atom. The Morgan fingerprint density at radius 3 is 2.80 bits per heavy atom. The molecule has 1 aromatic heterocycles. The van der Waals surface area contributed by atoms with Crippen LogP contribution >= 0.6 is 0 Å². The Morgan fingerprint density at radius 2 is 2.04 bits per heavy atom. The normalized spacial score (nSPS) is 24.3. The molecule has 5 nitrogen and oxygen atoms in total. The fourth-order valence-corrected chi connectivity index (χ4v) is 4.52. The van der Waals surface area contributed by atoms with Crippen LogP contribution in [0.15, 0.2) is 28.9 Å². The van der Waals surface area contributed by atoms with Crippen LogP contribution in [-0.2, 0) is 11.2 Å². The number of benzene rings is 1. The van der Waals surface area contributed by atoms with Crippen LogP contribution in [0.2, 0.25) is 0 Å². The zero-order valence-corrected chi connectivity index (χ0v) is 15.0. The molecule has 2 aliphatic rings. The van der Waals surface area contributed by atoms with E-state index in [0.29, 0.717) is 18.5 Å². The van der Waals surface area contributed by atoms with Crippen LogP contribution in [0.5, 0.6) is 5.75 Å². The van der Waals surface area contributed by atoms with Crippen LogP contribution in [0, 0.1) is 0 Å². The smallest absolute Gasteiger partial charge is 0.227 e. The lowest BCUT2D eigenvalue weighted by molar-refractivity contribution is -0.132. The summed E-state index contributed by atoms with van der Waals surface area (Å²) in [6, 6.07) is 6.66. The zero-order valence-electron chi connectivity index (χ0n) is 15.0. The van der Waals surface area contributed by atoms with Gasteiger partial charge in [0.05, 0.1) is 19.8 Å². The largest absolute Gasteiger partial charge is 0.497 e. The molecule has 0 spiro atoms. The second-order valence-electron chi connectivity index (χ2n) is 7.29. The van der Waals surface area contributed by atoms with Gasteiger partial charge in [0.25, 0.3) is 0 Å². The van der Waals surface area contributed by atoms with Crippen molar-refractivity contribution >= 4 is 16.9 Å². The van der Waals surface area contributed by atoms with E-state index in [0.717, 1.165) is 48.2 Å². The Kier molecular flexibility index (Phi) is 4.42. The van der Waals surface area contributed by atoms with Gasteiger partial charge >= 0.3 is 0 Å². The van der Waals surface area contributed by atoms with Crippen LogP contribution < -0.4 is 4.74 Å². The molecule has 2 fully saturated rings. The topological polar surface area (TPSA) is 45.9 Å². The summed E-state index contributed by atoms with van der Waals surface area (Å²) >= 11 is 0. The third kappa shape index (κ3) is 3.01. The first kappa shape index (κ1) is 16.5. The van der Waals surface area contributed by atoms with Crippen molar-refractivity contribution in [1.29, 1.82) is 0 Å². The highest BCUT2D eigenvalue weighted by Crippen LogP contribution is 2.31. The van der Waals surface area contributed by atoms with E-state index in [1.165, 1.54) is 12.8 Å². The van der Waals surface area contributed by atoms with Crippen LogP contribution in [0.3, 0.4) is 0 Å². The Balaban J connectivity index is 1.51. The fourth-order valence-electron chi connectivity index (χ4n) is 4.52. The predicted molar refractivity (Wildman–Crippen MR) is 96.9 cm³/mol. The molecule has 2 atom stereocenters. The van der Waals surface area contributed by atoms with Crippen molar-refractivity contribution in [2.75, 3.05) is 27.2 Å². The average molecular weight is 342 g/mol. The first-order valence-electron chi connectivity index (χ1n) is 9.21. The highest BCUT2D eigenvalue weighted by atomic mass is 16.5. The molecule has 25 heavy (non-hydrogen) atoms. The first-order chi connectivity index (χ1) is 12.2. The van der Waals surface area contributed by atoms with Gasteiger partial charge in [0.15, 0.2) is 0 Å². The standard InChI is InChI=1S/C20H26N2O3/c1-21-9-3-5-17(21)18-6-4-10-22(18)20(23)11-14-13-25-19-12-15(24-2)7-8-16(14)19/h7-8,12-13,17-18H,3-6,9-11H2,1-2H3/t17-,18-/m1/s1. The molecule has 2 aromatic rings. The summed E-state index contributed by atoms with van der Waals surface area (Å²) in [5.74, 6) is 0.991. The summed E-state index contributed by atoms with van der Waals surface area (Å²) in [7, 11) is 3.83. The van der Waals surface area contributed by atoms with Crippen LogP contribution in [0.4, 0.5) is 0 Å². The fraction of sp³-hybridized carbons (Fsp3) is 0.550. The van der Waals surface area contributed by atoms with Gasteiger partial charge in [-0.3, -0.25) is 4.79 Å². The molecule has 0 aliphatic carbocycles. The number of carbonyl (C=O) groups excluding carboxylic acids is 1. The molecule has 0 unspecified atom stereocenters. The van der Waals surface area contributed by atoms with Crippen LogP contribution in [0.25, 0.3) is 11.0 Å². The lowest BCUT2D eigenvalue weighted by atomic mass is 10.0. The maximum atomic E-state index is 13.0. The number of amides is 1. The highest BCUT2D eigenvalue weighted by molar-refractivity contribution is 5.88. The summed E-state index contributed by atoms with van der Waals surface area (Å²) in [6.45, 7) is 2.04. The van der Waals surface area contributed by atoms with Gasteiger partial charge in [0.2, 0.25) is 5.91 Å². The number of furan rings is 1. The van der Waals surface area contributed by atoms with Crippen molar-refractivity contribution in [2.45, 2.75) is 44.2 Å². The summed E-state index contributed by atoms with van der Waals surface area (Å²) in [5.41, 5.74) is 1.74. The Labute approximate surface area is 148 Å². The second-order valence-corrected chi connectivity index (χ2v) is 7.29. The average Bonchev–Trinajstić information content (AvgIpc) is 3.34. The molecule has 0 radical (unpaired) electrons. The first-order valence-corrected chi connectivity index (χ1v) is 9.21. The maximum Gasteiger partial charge on any atom is 0.227 e. The molecule has 4 rings (SSSR count). The van der Waals surface area contributed by atoms with Crippen molar-refractivity contribution in [1.82, 2.24) is 9.80 Å². The number of methoxy groups -OCH3 is 1. The quantitative estimate of drug-likeness (QED) is 0.857. The molecular formula is C20H26N2O3. The number of hydrogen-bond donors (Lipinski definition) is 0. The molecule has 2 aliphatic heterocycles. The number of carbonyl (C=O) groups is 1. The van der Waals surface area contributed by atoms with Gasteiger partial charge in [-0.05, 0) is 51.4 Å². The molecule has 2 saturated heterocycles.